The first-order valence-corrected chi connectivity index (χ1v) is 8.68. The highest BCUT2D eigenvalue weighted by molar-refractivity contribution is 6.01. The molecule has 2 aliphatic rings. The Kier molecular flexibility index (Phi) is 5.03. The van der Waals surface area contributed by atoms with Crippen molar-refractivity contribution >= 4 is 23.4 Å². The molecule has 2 saturated heterocycles. The molecule has 2 heterocycles. The lowest BCUT2D eigenvalue weighted by Crippen LogP contribution is -2.50. The van der Waals surface area contributed by atoms with Gasteiger partial charge in [0.1, 0.15) is 0 Å². The molecule has 0 spiro atoms. The lowest BCUT2D eigenvalue weighted by Gasteiger charge is -2.34. The zero-order chi connectivity index (χ0) is 17.9. The first-order valence-electron chi connectivity index (χ1n) is 8.68. The van der Waals surface area contributed by atoms with Gasteiger partial charge in [-0.3, -0.25) is 19.8 Å². The zero-order valence-corrected chi connectivity index (χ0v) is 14.4. The number of anilines is 1. The maximum absolute atomic E-state index is 12.4. The van der Waals surface area contributed by atoms with Gasteiger partial charge in [-0.2, -0.15) is 0 Å². The molecule has 134 valence electrons. The molecule has 25 heavy (non-hydrogen) atoms. The third-order valence-electron chi connectivity index (χ3n) is 4.93. The number of nitrogens with one attached hydrogen (secondary N) is 3. The second-order valence-corrected chi connectivity index (χ2v) is 7.05. The summed E-state index contributed by atoms with van der Waals surface area (Å²) in [4.78, 5) is 35.7. The van der Waals surface area contributed by atoms with E-state index in [1.165, 1.54) is 5.01 Å². The van der Waals surface area contributed by atoms with Gasteiger partial charge >= 0.3 is 0 Å². The fraction of sp³-hybridized carbons (Fsp3) is 0.500. The number of benzene rings is 1. The molecule has 0 aromatic heterocycles. The second-order valence-electron chi connectivity index (χ2n) is 7.05. The van der Waals surface area contributed by atoms with E-state index in [4.69, 9.17) is 0 Å². The molecule has 0 atom stereocenters. The largest absolute Gasteiger partial charge is 0.351 e. The molecule has 7 heteroatoms. The van der Waals surface area contributed by atoms with Crippen LogP contribution in [0.1, 0.15) is 43.0 Å². The number of carbonyl (C=O) groups is 3. The van der Waals surface area contributed by atoms with Crippen LogP contribution in [0.4, 0.5) is 5.69 Å². The Hall–Kier alpha value is -2.41. The Morgan fingerprint density at radius 2 is 1.84 bits per heavy atom. The van der Waals surface area contributed by atoms with Crippen LogP contribution in [0.25, 0.3) is 0 Å². The normalized spacial score (nSPS) is 20.1. The molecule has 2 fully saturated rings. The maximum atomic E-state index is 12.4. The van der Waals surface area contributed by atoms with Crippen molar-refractivity contribution in [2.24, 2.45) is 5.41 Å². The van der Waals surface area contributed by atoms with E-state index in [2.05, 4.69) is 23.0 Å². The molecule has 2 aliphatic heterocycles. The van der Waals surface area contributed by atoms with E-state index >= 15 is 0 Å². The van der Waals surface area contributed by atoms with Gasteiger partial charge < -0.3 is 10.6 Å². The minimum Gasteiger partial charge on any atom is -0.351 e. The molecule has 7 nitrogen and oxygen atoms in total. The topological polar surface area (TPSA) is 90.5 Å². The number of nitrogens with zero attached hydrogens (tertiary/aromatic N) is 1. The van der Waals surface area contributed by atoms with Gasteiger partial charge in [0.05, 0.1) is 5.69 Å². The monoisotopic (exact) mass is 344 g/mol. The average molecular weight is 344 g/mol. The molecule has 1 aromatic carbocycles. The first kappa shape index (κ1) is 17.4. The van der Waals surface area contributed by atoms with Crippen molar-refractivity contribution in [2.45, 2.75) is 32.6 Å². The van der Waals surface area contributed by atoms with Crippen LogP contribution in [0.15, 0.2) is 24.3 Å². The summed E-state index contributed by atoms with van der Waals surface area (Å²) in [6, 6.07) is 6.68. The molecule has 0 saturated carbocycles. The van der Waals surface area contributed by atoms with E-state index in [1.807, 2.05) is 0 Å². The molecule has 0 radical (unpaired) electrons. The highest BCUT2D eigenvalue weighted by Crippen LogP contribution is 2.26. The van der Waals surface area contributed by atoms with E-state index in [0.717, 1.165) is 25.9 Å². The predicted molar refractivity (Wildman–Crippen MR) is 93.8 cm³/mol. The van der Waals surface area contributed by atoms with Crippen LogP contribution < -0.4 is 21.1 Å². The Labute approximate surface area is 147 Å². The Balaban J connectivity index is 1.60. The fourth-order valence-electron chi connectivity index (χ4n) is 3.15. The summed E-state index contributed by atoms with van der Waals surface area (Å²) in [5.74, 6) is -0.465. The van der Waals surface area contributed by atoms with Gasteiger partial charge in [0.15, 0.2) is 0 Å². The molecule has 3 N–H and O–H groups in total. The van der Waals surface area contributed by atoms with Crippen molar-refractivity contribution in [2.75, 3.05) is 24.6 Å². The lowest BCUT2D eigenvalue weighted by atomic mass is 9.81. The number of amides is 3. The van der Waals surface area contributed by atoms with Crippen LogP contribution >= 0.6 is 0 Å². The molecule has 0 aliphatic carbocycles. The Morgan fingerprint density at radius 3 is 2.52 bits per heavy atom. The Morgan fingerprint density at radius 1 is 1.16 bits per heavy atom. The van der Waals surface area contributed by atoms with Crippen molar-refractivity contribution in [1.29, 1.82) is 0 Å². The summed E-state index contributed by atoms with van der Waals surface area (Å²) < 4.78 is 0. The third-order valence-corrected chi connectivity index (χ3v) is 4.93. The summed E-state index contributed by atoms with van der Waals surface area (Å²) >= 11 is 0. The maximum Gasteiger partial charge on any atom is 0.251 e. The molecule has 1 aromatic rings. The quantitative estimate of drug-likeness (QED) is 0.759. The van der Waals surface area contributed by atoms with Crippen LogP contribution in [-0.2, 0) is 9.59 Å². The van der Waals surface area contributed by atoms with Crippen LogP contribution in [0.3, 0.4) is 0 Å². The summed E-state index contributed by atoms with van der Waals surface area (Å²) in [5, 5.41) is 7.58. The Bertz CT molecular complexity index is 665. The van der Waals surface area contributed by atoms with Crippen LogP contribution in [0.2, 0.25) is 0 Å². The van der Waals surface area contributed by atoms with Crippen LogP contribution in [0, 0.1) is 5.41 Å². The van der Waals surface area contributed by atoms with Gasteiger partial charge in [0.2, 0.25) is 11.8 Å². The number of rotatable bonds is 4. The summed E-state index contributed by atoms with van der Waals surface area (Å²) in [7, 11) is 0. The first-order chi connectivity index (χ1) is 12.0. The van der Waals surface area contributed by atoms with E-state index in [-0.39, 0.29) is 36.0 Å². The minimum absolute atomic E-state index is 0.125. The number of hydrazine groups is 1. The van der Waals surface area contributed by atoms with Crippen LogP contribution in [0.5, 0.6) is 0 Å². The predicted octanol–water partition coefficient (Wildman–Crippen LogP) is 0.964. The van der Waals surface area contributed by atoms with Gasteiger partial charge in [-0.05, 0) is 55.6 Å². The highest BCUT2D eigenvalue weighted by atomic mass is 16.2. The molecule has 0 unspecified atom stereocenters. The number of carbonyl (C=O) groups excluding carboxylic acids is 3. The number of hydrogen-bond donors (Lipinski definition) is 3. The van der Waals surface area contributed by atoms with E-state index in [1.54, 1.807) is 24.3 Å². The smallest absolute Gasteiger partial charge is 0.251 e. The van der Waals surface area contributed by atoms with Gasteiger partial charge in [0, 0.05) is 24.9 Å². The molecule has 3 amide bonds. The SMILES string of the molecule is CC1(CNC(=O)c2ccc(N3NC(=O)CCC3=O)cc2)CCNCC1. The summed E-state index contributed by atoms with van der Waals surface area (Å²) in [6.45, 7) is 4.81. The standard InChI is InChI=1S/C18H24N4O3/c1-18(8-10-19-11-9-18)12-20-17(25)13-2-4-14(5-3-13)22-16(24)7-6-15(23)21-22/h2-5,19H,6-12H2,1H3,(H,20,25)(H,21,23). The van der Waals surface area contributed by atoms with Crippen LogP contribution in [-0.4, -0.2) is 37.4 Å². The average Bonchev–Trinajstić information content (AvgIpc) is 2.63. The minimum atomic E-state index is -0.184. The molecular formula is C18H24N4O3. The zero-order valence-electron chi connectivity index (χ0n) is 14.4. The van der Waals surface area contributed by atoms with Gasteiger partial charge in [0.25, 0.3) is 5.91 Å². The number of hydrogen-bond acceptors (Lipinski definition) is 4. The highest BCUT2D eigenvalue weighted by Gasteiger charge is 2.27. The van der Waals surface area contributed by atoms with Crippen molar-refractivity contribution in [3.05, 3.63) is 29.8 Å². The van der Waals surface area contributed by atoms with Crippen molar-refractivity contribution in [3.8, 4) is 0 Å². The van der Waals surface area contributed by atoms with Gasteiger partial charge in [-0.25, -0.2) is 5.01 Å². The third kappa shape index (κ3) is 4.17. The summed E-state index contributed by atoms with van der Waals surface area (Å²) in [6.07, 6.45) is 2.50. The summed E-state index contributed by atoms with van der Waals surface area (Å²) in [5.41, 5.74) is 3.77. The molecular weight excluding hydrogens is 320 g/mol. The van der Waals surface area contributed by atoms with E-state index in [0.29, 0.717) is 17.8 Å². The molecule has 3 rings (SSSR count). The van der Waals surface area contributed by atoms with E-state index in [9.17, 15) is 14.4 Å². The van der Waals surface area contributed by atoms with Gasteiger partial charge in [-0.1, -0.05) is 6.92 Å². The van der Waals surface area contributed by atoms with E-state index < -0.39 is 0 Å². The second kappa shape index (κ2) is 7.23. The lowest BCUT2D eigenvalue weighted by molar-refractivity contribution is -0.130. The number of piperidine rings is 1. The van der Waals surface area contributed by atoms with Crippen molar-refractivity contribution < 1.29 is 14.4 Å². The van der Waals surface area contributed by atoms with Crippen molar-refractivity contribution in [1.82, 2.24) is 16.1 Å². The van der Waals surface area contributed by atoms with Crippen molar-refractivity contribution in [3.63, 3.8) is 0 Å². The fourth-order valence-corrected chi connectivity index (χ4v) is 3.15. The van der Waals surface area contributed by atoms with Gasteiger partial charge in [-0.15, -0.1) is 0 Å². The molecule has 0 bridgehead atoms.